The standard InChI is InChI=1S/C18H26FN3O/c1-13-11-14(19)3-5-17(13)22-9-7-15(8-10-22)20-16-4-6-18(23)21(2)12-16/h3,5,11,15-16,20H,4,6-10,12H2,1-2H3. The van der Waals surface area contributed by atoms with Crippen LogP contribution in [0.3, 0.4) is 0 Å². The maximum Gasteiger partial charge on any atom is 0.222 e. The average Bonchev–Trinajstić information content (AvgIpc) is 2.52. The van der Waals surface area contributed by atoms with E-state index in [4.69, 9.17) is 0 Å². The lowest BCUT2D eigenvalue weighted by Crippen LogP contribution is -2.52. The number of likely N-dealkylation sites (tertiary alicyclic amines) is 1. The lowest BCUT2D eigenvalue weighted by atomic mass is 9.99. The van der Waals surface area contributed by atoms with Gasteiger partial charge < -0.3 is 15.1 Å². The molecule has 2 fully saturated rings. The molecular formula is C18H26FN3O. The van der Waals surface area contributed by atoms with Crippen LogP contribution in [-0.2, 0) is 4.79 Å². The predicted molar refractivity (Wildman–Crippen MR) is 90.2 cm³/mol. The van der Waals surface area contributed by atoms with Gasteiger partial charge in [0.05, 0.1) is 0 Å². The van der Waals surface area contributed by atoms with Crippen molar-refractivity contribution in [1.29, 1.82) is 0 Å². The molecule has 0 radical (unpaired) electrons. The maximum absolute atomic E-state index is 13.2. The van der Waals surface area contributed by atoms with E-state index in [2.05, 4.69) is 10.2 Å². The van der Waals surface area contributed by atoms with Crippen LogP contribution in [0, 0.1) is 12.7 Å². The molecule has 1 atom stereocenters. The van der Waals surface area contributed by atoms with Crippen LogP contribution in [0.2, 0.25) is 0 Å². The second-order valence-corrected chi connectivity index (χ2v) is 6.87. The number of nitrogens with zero attached hydrogens (tertiary/aromatic N) is 2. The lowest BCUT2D eigenvalue weighted by molar-refractivity contribution is -0.132. The van der Waals surface area contributed by atoms with Crippen molar-refractivity contribution in [2.75, 3.05) is 31.6 Å². The first kappa shape index (κ1) is 16.2. The summed E-state index contributed by atoms with van der Waals surface area (Å²) < 4.78 is 13.2. The Kier molecular flexibility index (Phi) is 4.85. The highest BCUT2D eigenvalue weighted by atomic mass is 19.1. The Morgan fingerprint density at radius 3 is 2.57 bits per heavy atom. The molecule has 1 amide bonds. The Bertz CT molecular complexity index is 569. The number of likely N-dealkylation sites (N-methyl/N-ethyl adjacent to an activating group) is 1. The molecule has 3 rings (SSSR count). The third-order valence-corrected chi connectivity index (χ3v) is 5.09. The number of carbonyl (C=O) groups is 1. The molecule has 1 aromatic carbocycles. The van der Waals surface area contributed by atoms with Gasteiger partial charge in [0.2, 0.25) is 5.91 Å². The zero-order chi connectivity index (χ0) is 16.4. The van der Waals surface area contributed by atoms with Gasteiger partial charge in [-0.1, -0.05) is 0 Å². The van der Waals surface area contributed by atoms with Crippen molar-refractivity contribution in [3.63, 3.8) is 0 Å². The molecule has 1 unspecified atom stereocenters. The van der Waals surface area contributed by atoms with Gasteiger partial charge in [-0.05, 0) is 49.9 Å². The summed E-state index contributed by atoms with van der Waals surface area (Å²) in [6.07, 6.45) is 3.78. The van der Waals surface area contributed by atoms with Crippen molar-refractivity contribution in [3.05, 3.63) is 29.6 Å². The Hall–Kier alpha value is -1.62. The van der Waals surface area contributed by atoms with Gasteiger partial charge in [0.1, 0.15) is 5.82 Å². The number of piperidine rings is 2. The highest BCUT2D eigenvalue weighted by Gasteiger charge is 2.27. The number of amides is 1. The van der Waals surface area contributed by atoms with Crippen molar-refractivity contribution < 1.29 is 9.18 Å². The van der Waals surface area contributed by atoms with Crippen molar-refractivity contribution in [1.82, 2.24) is 10.2 Å². The van der Waals surface area contributed by atoms with Crippen LogP contribution in [0.15, 0.2) is 18.2 Å². The molecule has 126 valence electrons. The van der Waals surface area contributed by atoms with Gasteiger partial charge in [-0.3, -0.25) is 4.79 Å². The molecule has 2 saturated heterocycles. The minimum Gasteiger partial charge on any atom is -0.371 e. The molecule has 2 aliphatic rings. The molecule has 0 spiro atoms. The summed E-state index contributed by atoms with van der Waals surface area (Å²) in [5.41, 5.74) is 2.15. The molecule has 4 nitrogen and oxygen atoms in total. The largest absolute Gasteiger partial charge is 0.371 e. The number of nitrogens with one attached hydrogen (secondary N) is 1. The van der Waals surface area contributed by atoms with Gasteiger partial charge in [0.15, 0.2) is 0 Å². The molecule has 2 heterocycles. The molecule has 5 heteroatoms. The summed E-state index contributed by atoms with van der Waals surface area (Å²) in [5.74, 6) is 0.0865. The van der Waals surface area contributed by atoms with Gasteiger partial charge in [0.25, 0.3) is 0 Å². The maximum atomic E-state index is 13.2. The van der Waals surface area contributed by atoms with Crippen LogP contribution >= 0.6 is 0 Å². The molecule has 1 N–H and O–H groups in total. The number of rotatable bonds is 3. The van der Waals surface area contributed by atoms with Crippen LogP contribution in [-0.4, -0.2) is 49.6 Å². The molecular weight excluding hydrogens is 293 g/mol. The van der Waals surface area contributed by atoms with Crippen LogP contribution in [0.4, 0.5) is 10.1 Å². The minimum absolute atomic E-state index is 0.168. The first-order chi connectivity index (χ1) is 11.0. The number of anilines is 1. The highest BCUT2D eigenvalue weighted by Crippen LogP contribution is 2.25. The van der Waals surface area contributed by atoms with E-state index in [9.17, 15) is 9.18 Å². The molecule has 0 saturated carbocycles. The van der Waals surface area contributed by atoms with E-state index < -0.39 is 0 Å². The fourth-order valence-corrected chi connectivity index (χ4v) is 3.74. The number of aryl methyl sites for hydroxylation is 1. The first-order valence-corrected chi connectivity index (χ1v) is 8.54. The van der Waals surface area contributed by atoms with E-state index in [1.54, 1.807) is 12.1 Å². The SMILES string of the molecule is Cc1cc(F)ccc1N1CCC(NC2CCC(=O)N(C)C2)CC1. The van der Waals surface area contributed by atoms with Gasteiger partial charge in [0, 0.05) is 50.9 Å². The van der Waals surface area contributed by atoms with Crippen LogP contribution in [0.25, 0.3) is 0 Å². The van der Waals surface area contributed by atoms with E-state index in [0.29, 0.717) is 18.5 Å². The van der Waals surface area contributed by atoms with Gasteiger partial charge in [-0.2, -0.15) is 0 Å². The normalized spacial score (nSPS) is 23.4. The van der Waals surface area contributed by atoms with E-state index in [-0.39, 0.29) is 11.7 Å². The average molecular weight is 319 g/mol. The van der Waals surface area contributed by atoms with Crippen molar-refractivity contribution in [3.8, 4) is 0 Å². The summed E-state index contributed by atoms with van der Waals surface area (Å²) in [4.78, 5) is 15.7. The monoisotopic (exact) mass is 319 g/mol. The number of benzene rings is 1. The fourth-order valence-electron chi connectivity index (χ4n) is 3.74. The second-order valence-electron chi connectivity index (χ2n) is 6.87. The van der Waals surface area contributed by atoms with Gasteiger partial charge in [-0.25, -0.2) is 4.39 Å². The van der Waals surface area contributed by atoms with E-state index in [1.807, 2.05) is 24.9 Å². The van der Waals surface area contributed by atoms with E-state index >= 15 is 0 Å². The summed E-state index contributed by atoms with van der Waals surface area (Å²) in [5, 5.41) is 3.72. The van der Waals surface area contributed by atoms with Crippen molar-refractivity contribution >= 4 is 11.6 Å². The topological polar surface area (TPSA) is 35.6 Å². The molecule has 0 aliphatic carbocycles. The predicted octanol–water partition coefficient (Wildman–Crippen LogP) is 2.31. The van der Waals surface area contributed by atoms with Crippen LogP contribution in [0.5, 0.6) is 0 Å². The van der Waals surface area contributed by atoms with E-state index in [1.165, 1.54) is 0 Å². The summed E-state index contributed by atoms with van der Waals surface area (Å²) in [6.45, 7) is 4.77. The fraction of sp³-hybridized carbons (Fsp3) is 0.611. The van der Waals surface area contributed by atoms with Crippen molar-refractivity contribution in [2.45, 2.75) is 44.7 Å². The number of hydrogen-bond donors (Lipinski definition) is 1. The molecule has 0 bridgehead atoms. The first-order valence-electron chi connectivity index (χ1n) is 8.54. The molecule has 1 aromatic rings. The Labute approximate surface area is 137 Å². The number of halogens is 1. The van der Waals surface area contributed by atoms with Crippen LogP contribution < -0.4 is 10.2 Å². The quantitative estimate of drug-likeness (QED) is 0.929. The molecule has 2 aliphatic heterocycles. The van der Waals surface area contributed by atoms with Crippen molar-refractivity contribution in [2.24, 2.45) is 0 Å². The Balaban J connectivity index is 1.51. The van der Waals surface area contributed by atoms with Gasteiger partial charge >= 0.3 is 0 Å². The molecule has 0 aromatic heterocycles. The highest BCUT2D eigenvalue weighted by molar-refractivity contribution is 5.76. The third-order valence-electron chi connectivity index (χ3n) is 5.09. The molecule has 23 heavy (non-hydrogen) atoms. The lowest BCUT2D eigenvalue weighted by Gasteiger charge is -2.38. The number of carbonyl (C=O) groups excluding carboxylic acids is 1. The van der Waals surface area contributed by atoms with Gasteiger partial charge in [-0.15, -0.1) is 0 Å². The minimum atomic E-state index is -0.168. The number of hydrogen-bond acceptors (Lipinski definition) is 3. The zero-order valence-corrected chi connectivity index (χ0v) is 14.0. The van der Waals surface area contributed by atoms with E-state index in [0.717, 1.165) is 50.1 Å². The smallest absolute Gasteiger partial charge is 0.222 e. The summed E-state index contributed by atoms with van der Waals surface area (Å²) >= 11 is 0. The Morgan fingerprint density at radius 2 is 1.91 bits per heavy atom. The second kappa shape index (κ2) is 6.87. The van der Waals surface area contributed by atoms with Crippen LogP contribution in [0.1, 0.15) is 31.2 Å². The Morgan fingerprint density at radius 1 is 1.17 bits per heavy atom. The third kappa shape index (κ3) is 3.83. The summed E-state index contributed by atoms with van der Waals surface area (Å²) in [7, 11) is 1.89. The zero-order valence-electron chi connectivity index (χ0n) is 14.0. The summed E-state index contributed by atoms with van der Waals surface area (Å²) in [6, 6.07) is 5.97.